The molecule has 35 heavy (non-hydrogen) atoms. The van der Waals surface area contributed by atoms with Crippen molar-refractivity contribution in [2.24, 2.45) is 0 Å². The summed E-state index contributed by atoms with van der Waals surface area (Å²) >= 11 is 0. The Morgan fingerprint density at radius 3 is 2.11 bits per heavy atom. The zero-order chi connectivity index (χ0) is 26.3. The predicted molar refractivity (Wildman–Crippen MR) is 142 cm³/mol. The molecule has 0 aliphatic heterocycles. The zero-order valence-corrected chi connectivity index (χ0v) is 22.8. The molecule has 0 bridgehead atoms. The molecule has 8 heteroatoms. The molecule has 2 aromatic rings. The van der Waals surface area contributed by atoms with Crippen LogP contribution in [0.1, 0.15) is 55.9 Å². The van der Waals surface area contributed by atoms with Crippen LogP contribution >= 0.6 is 0 Å². The number of rotatable bonds is 11. The van der Waals surface area contributed by atoms with Crippen molar-refractivity contribution in [3.63, 3.8) is 0 Å². The van der Waals surface area contributed by atoms with E-state index < -0.39 is 16.1 Å². The molecular weight excluding hydrogens is 462 g/mol. The van der Waals surface area contributed by atoms with E-state index in [0.29, 0.717) is 18.7 Å². The van der Waals surface area contributed by atoms with Gasteiger partial charge in [0.05, 0.1) is 11.9 Å². The molecule has 0 aliphatic carbocycles. The van der Waals surface area contributed by atoms with Crippen LogP contribution in [-0.2, 0) is 26.2 Å². The third-order valence-electron chi connectivity index (χ3n) is 5.68. The molecule has 0 unspecified atom stereocenters. The van der Waals surface area contributed by atoms with E-state index in [0.717, 1.165) is 22.3 Å². The van der Waals surface area contributed by atoms with Crippen molar-refractivity contribution in [3.05, 3.63) is 64.7 Å². The Morgan fingerprint density at radius 2 is 1.57 bits per heavy atom. The second-order valence-electron chi connectivity index (χ2n) is 9.63. The Bertz CT molecular complexity index is 1120. The summed E-state index contributed by atoms with van der Waals surface area (Å²) in [6.07, 6.45) is 1.64. The second-order valence-corrected chi connectivity index (χ2v) is 11.5. The van der Waals surface area contributed by atoms with Crippen molar-refractivity contribution >= 4 is 27.5 Å². The average molecular weight is 502 g/mol. The lowest BCUT2D eigenvalue weighted by atomic mass is 10.1. The maximum Gasteiger partial charge on any atom is 0.242 e. The number of anilines is 1. The lowest BCUT2D eigenvalue weighted by molar-refractivity contribution is -0.140. The van der Waals surface area contributed by atoms with Gasteiger partial charge in [-0.05, 0) is 76.8 Å². The van der Waals surface area contributed by atoms with Gasteiger partial charge in [-0.25, -0.2) is 8.42 Å². The van der Waals surface area contributed by atoms with Crippen LogP contribution in [0.2, 0.25) is 0 Å². The highest BCUT2D eigenvalue weighted by atomic mass is 32.2. The Hall–Kier alpha value is -2.87. The first-order valence-corrected chi connectivity index (χ1v) is 13.8. The Balaban J connectivity index is 2.20. The number of hydrogen-bond acceptors (Lipinski definition) is 4. The predicted octanol–water partition coefficient (Wildman–Crippen LogP) is 4.10. The SMILES string of the molecule is Cc1cccc(CN(C(=O)CCCN(c2cc(C)cc(C)c2)S(C)(=O)=O)[C@H](C)C(=O)NC(C)C)c1. The average Bonchev–Trinajstić information content (AvgIpc) is 2.72. The number of aryl methyl sites for hydroxylation is 3. The Labute approximate surface area is 210 Å². The van der Waals surface area contributed by atoms with Gasteiger partial charge < -0.3 is 10.2 Å². The summed E-state index contributed by atoms with van der Waals surface area (Å²) in [5, 5.41) is 2.88. The fourth-order valence-electron chi connectivity index (χ4n) is 4.09. The van der Waals surface area contributed by atoms with Crippen LogP contribution in [0.3, 0.4) is 0 Å². The van der Waals surface area contributed by atoms with Crippen molar-refractivity contribution in [3.8, 4) is 0 Å². The van der Waals surface area contributed by atoms with Crippen LogP contribution in [0, 0.1) is 20.8 Å². The largest absolute Gasteiger partial charge is 0.352 e. The van der Waals surface area contributed by atoms with E-state index in [1.165, 1.54) is 10.6 Å². The number of benzene rings is 2. The molecule has 2 amide bonds. The number of nitrogens with one attached hydrogen (secondary N) is 1. The molecule has 0 spiro atoms. The first kappa shape index (κ1) is 28.4. The van der Waals surface area contributed by atoms with Crippen LogP contribution in [0.15, 0.2) is 42.5 Å². The van der Waals surface area contributed by atoms with Crippen LogP contribution in [0.4, 0.5) is 5.69 Å². The van der Waals surface area contributed by atoms with Crippen molar-refractivity contribution in [1.29, 1.82) is 0 Å². The first-order valence-electron chi connectivity index (χ1n) is 12.0. The summed E-state index contributed by atoms with van der Waals surface area (Å²) in [5.41, 5.74) is 4.55. The summed E-state index contributed by atoms with van der Waals surface area (Å²) in [6.45, 7) is 11.8. The maximum atomic E-state index is 13.3. The monoisotopic (exact) mass is 501 g/mol. The molecule has 0 aliphatic rings. The number of nitrogens with zero attached hydrogens (tertiary/aromatic N) is 2. The van der Waals surface area contributed by atoms with Gasteiger partial charge in [-0.3, -0.25) is 13.9 Å². The van der Waals surface area contributed by atoms with E-state index in [1.54, 1.807) is 11.8 Å². The number of sulfonamides is 1. The summed E-state index contributed by atoms with van der Waals surface area (Å²) in [5.74, 6) is -0.402. The van der Waals surface area contributed by atoms with Gasteiger partial charge in [0.2, 0.25) is 21.8 Å². The summed E-state index contributed by atoms with van der Waals surface area (Å²) in [7, 11) is -3.52. The minimum absolute atomic E-state index is 0.0398. The molecule has 0 saturated carbocycles. The van der Waals surface area contributed by atoms with E-state index in [-0.39, 0.29) is 30.8 Å². The minimum atomic E-state index is -3.52. The van der Waals surface area contributed by atoms with Crippen molar-refractivity contribution in [2.75, 3.05) is 17.1 Å². The van der Waals surface area contributed by atoms with Gasteiger partial charge in [0.1, 0.15) is 6.04 Å². The molecule has 0 fully saturated rings. The molecule has 0 radical (unpaired) electrons. The molecule has 2 rings (SSSR count). The van der Waals surface area contributed by atoms with Gasteiger partial charge in [-0.15, -0.1) is 0 Å². The smallest absolute Gasteiger partial charge is 0.242 e. The van der Waals surface area contributed by atoms with Gasteiger partial charge in [-0.1, -0.05) is 35.9 Å². The molecule has 1 atom stereocenters. The fraction of sp³-hybridized carbons (Fsp3) is 0.481. The minimum Gasteiger partial charge on any atom is -0.352 e. The number of amides is 2. The lowest BCUT2D eigenvalue weighted by Gasteiger charge is -2.30. The summed E-state index contributed by atoms with van der Waals surface area (Å²) in [6, 6.07) is 12.8. The third-order valence-corrected chi connectivity index (χ3v) is 6.87. The molecular formula is C27H39N3O4S. The number of hydrogen-bond donors (Lipinski definition) is 1. The Morgan fingerprint density at radius 1 is 0.943 bits per heavy atom. The first-order chi connectivity index (χ1) is 16.3. The van der Waals surface area contributed by atoms with Gasteiger partial charge in [0.15, 0.2) is 0 Å². The van der Waals surface area contributed by atoms with Gasteiger partial charge >= 0.3 is 0 Å². The third kappa shape index (κ3) is 8.69. The fourth-order valence-corrected chi connectivity index (χ4v) is 5.04. The van der Waals surface area contributed by atoms with Gasteiger partial charge in [0.25, 0.3) is 0 Å². The highest BCUT2D eigenvalue weighted by molar-refractivity contribution is 7.92. The molecule has 192 valence electrons. The van der Waals surface area contributed by atoms with E-state index in [9.17, 15) is 18.0 Å². The normalized spacial score (nSPS) is 12.3. The molecule has 1 N–H and O–H groups in total. The van der Waals surface area contributed by atoms with Crippen LogP contribution in [0.5, 0.6) is 0 Å². The van der Waals surface area contributed by atoms with Crippen molar-refractivity contribution in [1.82, 2.24) is 10.2 Å². The van der Waals surface area contributed by atoms with Crippen molar-refractivity contribution < 1.29 is 18.0 Å². The Kier molecular flexibility index (Phi) is 9.89. The topological polar surface area (TPSA) is 86.8 Å². The molecule has 0 saturated heterocycles. The van der Waals surface area contributed by atoms with Crippen molar-refractivity contribution in [2.45, 2.75) is 73.0 Å². The van der Waals surface area contributed by atoms with E-state index >= 15 is 0 Å². The molecule has 0 aromatic heterocycles. The van der Waals surface area contributed by atoms with E-state index in [4.69, 9.17) is 0 Å². The highest BCUT2D eigenvalue weighted by Gasteiger charge is 2.27. The van der Waals surface area contributed by atoms with E-state index in [1.807, 2.05) is 77.1 Å². The van der Waals surface area contributed by atoms with Crippen LogP contribution in [-0.4, -0.2) is 50.0 Å². The molecule has 7 nitrogen and oxygen atoms in total. The van der Waals surface area contributed by atoms with Crippen LogP contribution < -0.4 is 9.62 Å². The van der Waals surface area contributed by atoms with Crippen LogP contribution in [0.25, 0.3) is 0 Å². The standard InChI is InChI=1S/C27H39N3O4S/c1-19(2)28-27(32)23(6)29(18-24-11-8-10-20(3)15-24)26(31)12-9-13-30(35(7,33)34)25-16-21(4)14-22(5)17-25/h8,10-11,14-17,19,23H,9,12-13,18H2,1-7H3,(H,28,32)/t23-/m1/s1. The van der Waals surface area contributed by atoms with Gasteiger partial charge in [-0.2, -0.15) is 0 Å². The summed E-state index contributed by atoms with van der Waals surface area (Å²) < 4.78 is 26.4. The highest BCUT2D eigenvalue weighted by Crippen LogP contribution is 2.22. The quantitative estimate of drug-likeness (QED) is 0.502. The second kappa shape index (κ2) is 12.2. The number of carbonyl (C=O) groups excluding carboxylic acids is 2. The van der Waals surface area contributed by atoms with E-state index in [2.05, 4.69) is 5.32 Å². The lowest BCUT2D eigenvalue weighted by Crippen LogP contribution is -2.49. The maximum absolute atomic E-state index is 13.3. The zero-order valence-electron chi connectivity index (χ0n) is 22.0. The number of carbonyl (C=O) groups is 2. The summed E-state index contributed by atoms with van der Waals surface area (Å²) in [4.78, 5) is 27.6. The molecule has 0 heterocycles. The molecule has 2 aromatic carbocycles. The van der Waals surface area contributed by atoms with Gasteiger partial charge in [0, 0.05) is 25.6 Å².